The highest BCUT2D eigenvalue weighted by atomic mass is 16.3. The number of hydrogen-bond donors (Lipinski definition) is 3. The van der Waals surface area contributed by atoms with E-state index in [0.717, 1.165) is 24.8 Å². The highest BCUT2D eigenvalue weighted by Crippen LogP contribution is 2.24. The minimum Gasteiger partial charge on any atom is -0.508 e. The first kappa shape index (κ1) is 13.6. The van der Waals surface area contributed by atoms with Crippen molar-refractivity contribution in [3.05, 3.63) is 35.9 Å². The minimum atomic E-state index is -0.200. The number of amides is 1. The van der Waals surface area contributed by atoms with Crippen LogP contribution >= 0.6 is 0 Å². The van der Waals surface area contributed by atoms with Crippen LogP contribution in [0.3, 0.4) is 0 Å². The van der Waals surface area contributed by atoms with Crippen molar-refractivity contribution in [2.45, 2.75) is 25.4 Å². The summed E-state index contributed by atoms with van der Waals surface area (Å²) in [6.45, 7) is 0.621. The number of aromatic hydroxyl groups is 1. The van der Waals surface area contributed by atoms with Gasteiger partial charge in [-0.25, -0.2) is 0 Å². The largest absolute Gasteiger partial charge is 0.508 e. The Morgan fingerprint density at radius 2 is 2.05 bits per heavy atom. The quantitative estimate of drug-likeness (QED) is 0.722. The Morgan fingerprint density at radius 3 is 2.68 bits per heavy atom. The number of phenolic OH excluding ortho intramolecular Hbond substituents is 1. The topological polar surface area (TPSA) is 69.6 Å². The molecule has 1 aromatic rings. The molecule has 2 unspecified atom stereocenters. The first-order chi connectivity index (χ1) is 9.13. The normalized spacial score (nSPS) is 22.8. The van der Waals surface area contributed by atoms with E-state index < -0.39 is 0 Å². The summed E-state index contributed by atoms with van der Waals surface area (Å²) >= 11 is 0. The Kier molecular flexibility index (Phi) is 4.58. The molecule has 0 bridgehead atoms. The molecule has 0 saturated heterocycles. The lowest BCUT2D eigenvalue weighted by Crippen LogP contribution is -2.26. The summed E-state index contributed by atoms with van der Waals surface area (Å²) in [6, 6.07) is 6.65. The molecule has 4 nitrogen and oxygen atoms in total. The van der Waals surface area contributed by atoms with Crippen LogP contribution < -0.4 is 5.32 Å². The van der Waals surface area contributed by atoms with Gasteiger partial charge in [-0.05, 0) is 49.0 Å². The molecule has 19 heavy (non-hydrogen) atoms. The maximum atomic E-state index is 11.6. The molecule has 1 fully saturated rings. The molecule has 1 aliphatic carbocycles. The maximum absolute atomic E-state index is 11.6. The summed E-state index contributed by atoms with van der Waals surface area (Å²) in [5.74, 6) is 0.469. The van der Waals surface area contributed by atoms with Crippen LogP contribution in [0, 0.1) is 5.92 Å². The van der Waals surface area contributed by atoms with E-state index >= 15 is 0 Å². The fourth-order valence-electron chi connectivity index (χ4n) is 2.30. The van der Waals surface area contributed by atoms with Crippen LogP contribution in [0.2, 0.25) is 0 Å². The molecule has 2 rings (SSSR count). The van der Waals surface area contributed by atoms with E-state index in [1.807, 2.05) is 0 Å². The third-order valence-electron chi connectivity index (χ3n) is 3.40. The number of nitrogens with one attached hydrogen (secondary N) is 1. The molecule has 0 aliphatic heterocycles. The first-order valence-corrected chi connectivity index (χ1v) is 6.56. The second-order valence-corrected chi connectivity index (χ2v) is 5.00. The number of carbonyl (C=O) groups excluding carboxylic acids is 1. The predicted octanol–water partition coefficient (Wildman–Crippen LogP) is 1.68. The second kappa shape index (κ2) is 6.38. The van der Waals surface area contributed by atoms with Crippen molar-refractivity contribution in [1.82, 2.24) is 5.32 Å². The molecule has 1 aromatic carbocycles. The van der Waals surface area contributed by atoms with Crippen molar-refractivity contribution in [3.8, 4) is 5.75 Å². The predicted molar refractivity (Wildman–Crippen MR) is 73.5 cm³/mol. The summed E-state index contributed by atoms with van der Waals surface area (Å²) in [5.41, 5.74) is 0.865. The molecule has 1 saturated carbocycles. The second-order valence-electron chi connectivity index (χ2n) is 5.00. The lowest BCUT2D eigenvalue weighted by atomic mass is 10.1. The number of benzene rings is 1. The molecular formula is C15H19NO3. The zero-order valence-electron chi connectivity index (χ0n) is 10.7. The van der Waals surface area contributed by atoms with Crippen molar-refractivity contribution >= 4 is 12.0 Å². The number of rotatable bonds is 4. The molecule has 3 N–H and O–H groups in total. The Bertz CT molecular complexity index is 453. The number of phenols is 1. The van der Waals surface area contributed by atoms with E-state index in [9.17, 15) is 9.90 Å². The van der Waals surface area contributed by atoms with E-state index in [0.29, 0.717) is 12.5 Å². The standard InChI is InChI=1S/C15H19NO3/c17-13-5-1-11(2-6-13)4-8-15(19)16-10-12-3-7-14(18)9-12/h1-2,4-6,8,12,14,17-18H,3,7,9-10H2,(H,16,19)/b8-4+. The van der Waals surface area contributed by atoms with Gasteiger partial charge >= 0.3 is 0 Å². The van der Waals surface area contributed by atoms with Gasteiger partial charge in [0, 0.05) is 12.6 Å². The highest BCUT2D eigenvalue weighted by Gasteiger charge is 2.22. The first-order valence-electron chi connectivity index (χ1n) is 6.56. The van der Waals surface area contributed by atoms with Gasteiger partial charge in [0.05, 0.1) is 6.10 Å². The van der Waals surface area contributed by atoms with E-state index in [1.54, 1.807) is 30.3 Å². The molecule has 1 aliphatic rings. The lowest BCUT2D eigenvalue weighted by Gasteiger charge is -2.09. The summed E-state index contributed by atoms with van der Waals surface area (Å²) in [7, 11) is 0. The van der Waals surface area contributed by atoms with Gasteiger partial charge in [0.2, 0.25) is 5.91 Å². The van der Waals surface area contributed by atoms with E-state index in [4.69, 9.17) is 5.11 Å². The summed E-state index contributed by atoms with van der Waals surface area (Å²) in [4.78, 5) is 11.6. The van der Waals surface area contributed by atoms with Gasteiger partial charge in [-0.3, -0.25) is 4.79 Å². The monoisotopic (exact) mass is 261 g/mol. The molecule has 0 aromatic heterocycles. The Morgan fingerprint density at radius 1 is 1.32 bits per heavy atom. The van der Waals surface area contributed by atoms with Crippen molar-refractivity contribution in [1.29, 1.82) is 0 Å². The fourth-order valence-corrected chi connectivity index (χ4v) is 2.30. The van der Waals surface area contributed by atoms with Crippen LogP contribution in [0.5, 0.6) is 5.75 Å². The Labute approximate surface area is 112 Å². The highest BCUT2D eigenvalue weighted by molar-refractivity contribution is 5.91. The van der Waals surface area contributed by atoms with Crippen LogP contribution in [-0.4, -0.2) is 28.8 Å². The molecule has 2 atom stereocenters. The summed E-state index contributed by atoms with van der Waals surface area (Å²) in [5, 5.41) is 21.4. The lowest BCUT2D eigenvalue weighted by molar-refractivity contribution is -0.116. The summed E-state index contributed by atoms with van der Waals surface area (Å²) < 4.78 is 0. The van der Waals surface area contributed by atoms with Crippen LogP contribution in [0.25, 0.3) is 6.08 Å². The molecule has 1 amide bonds. The zero-order valence-corrected chi connectivity index (χ0v) is 10.7. The molecule has 0 radical (unpaired) electrons. The van der Waals surface area contributed by atoms with Gasteiger partial charge in [-0.1, -0.05) is 12.1 Å². The SMILES string of the molecule is O=C(/C=C/c1ccc(O)cc1)NCC1CCC(O)C1. The van der Waals surface area contributed by atoms with Crippen molar-refractivity contribution in [3.63, 3.8) is 0 Å². The Hall–Kier alpha value is -1.81. The van der Waals surface area contributed by atoms with Gasteiger partial charge in [-0.15, -0.1) is 0 Å². The van der Waals surface area contributed by atoms with Gasteiger partial charge < -0.3 is 15.5 Å². The van der Waals surface area contributed by atoms with Gasteiger partial charge in [0.1, 0.15) is 5.75 Å². The van der Waals surface area contributed by atoms with Gasteiger partial charge in [0.25, 0.3) is 0 Å². The number of aliphatic hydroxyl groups is 1. The van der Waals surface area contributed by atoms with E-state index in [1.165, 1.54) is 6.08 Å². The third kappa shape index (κ3) is 4.41. The zero-order chi connectivity index (χ0) is 13.7. The van der Waals surface area contributed by atoms with Crippen molar-refractivity contribution < 1.29 is 15.0 Å². The minimum absolute atomic E-state index is 0.130. The van der Waals surface area contributed by atoms with Crippen LogP contribution in [-0.2, 0) is 4.79 Å². The number of aliphatic hydroxyl groups excluding tert-OH is 1. The fraction of sp³-hybridized carbons (Fsp3) is 0.400. The molecule has 4 heteroatoms. The van der Waals surface area contributed by atoms with Crippen LogP contribution in [0.15, 0.2) is 30.3 Å². The third-order valence-corrected chi connectivity index (χ3v) is 3.40. The smallest absolute Gasteiger partial charge is 0.244 e. The van der Waals surface area contributed by atoms with Crippen LogP contribution in [0.4, 0.5) is 0 Å². The van der Waals surface area contributed by atoms with Crippen molar-refractivity contribution in [2.24, 2.45) is 5.92 Å². The van der Waals surface area contributed by atoms with Gasteiger partial charge in [0.15, 0.2) is 0 Å². The number of carbonyl (C=O) groups is 1. The molecular weight excluding hydrogens is 242 g/mol. The summed E-state index contributed by atoms with van der Waals surface area (Å²) in [6.07, 6.45) is 5.58. The average Bonchev–Trinajstić information content (AvgIpc) is 2.81. The van der Waals surface area contributed by atoms with E-state index in [2.05, 4.69) is 5.32 Å². The van der Waals surface area contributed by atoms with Gasteiger partial charge in [-0.2, -0.15) is 0 Å². The maximum Gasteiger partial charge on any atom is 0.244 e. The van der Waals surface area contributed by atoms with E-state index in [-0.39, 0.29) is 17.8 Å². The van der Waals surface area contributed by atoms with Crippen molar-refractivity contribution in [2.75, 3.05) is 6.54 Å². The number of hydrogen-bond acceptors (Lipinski definition) is 3. The molecule has 0 heterocycles. The van der Waals surface area contributed by atoms with Crippen LogP contribution in [0.1, 0.15) is 24.8 Å². The molecule has 0 spiro atoms. The average molecular weight is 261 g/mol. The molecule has 102 valence electrons. The Balaban J connectivity index is 1.76.